The highest BCUT2D eigenvalue weighted by atomic mass is 31.1. The fraction of sp³-hybridized carbons (Fsp3) is 0.240. The molecule has 2 nitrogen and oxygen atoms in total. The van der Waals surface area contributed by atoms with Crippen molar-refractivity contribution >= 4 is 29.7 Å². The summed E-state index contributed by atoms with van der Waals surface area (Å²) >= 11 is 0. The molecule has 0 N–H and O–H groups in total. The zero-order valence-corrected chi connectivity index (χ0v) is 17.6. The van der Waals surface area contributed by atoms with Crippen LogP contribution in [0.5, 0.6) is 0 Å². The number of hydrogen-bond acceptors (Lipinski definition) is 2. The van der Waals surface area contributed by atoms with Gasteiger partial charge in [0.05, 0.1) is 6.04 Å². The maximum Gasteiger partial charge on any atom is 0.216 e. The SMILES string of the molecule is CC(C)(C)C1COC(c2cccc(P(c3ccccc3)c3ccccc3)c2)=N1. The molecule has 3 heteroatoms. The van der Waals surface area contributed by atoms with Gasteiger partial charge in [-0.2, -0.15) is 0 Å². The van der Waals surface area contributed by atoms with Crippen LogP contribution in [0.25, 0.3) is 0 Å². The molecule has 0 aliphatic carbocycles. The molecule has 3 aromatic carbocycles. The van der Waals surface area contributed by atoms with Crippen molar-refractivity contribution in [2.45, 2.75) is 26.8 Å². The summed E-state index contributed by atoms with van der Waals surface area (Å²) in [5.41, 5.74) is 1.18. The van der Waals surface area contributed by atoms with E-state index in [1.807, 2.05) is 0 Å². The van der Waals surface area contributed by atoms with E-state index in [1.165, 1.54) is 15.9 Å². The molecule has 1 unspecified atom stereocenters. The molecule has 28 heavy (non-hydrogen) atoms. The first-order valence-electron chi connectivity index (χ1n) is 9.74. The third-order valence-corrected chi connectivity index (χ3v) is 7.45. The predicted octanol–water partition coefficient (Wildman–Crippen LogP) is 4.64. The first kappa shape index (κ1) is 18.9. The first-order valence-corrected chi connectivity index (χ1v) is 11.1. The number of aliphatic imine (C=N–C) groups is 1. The summed E-state index contributed by atoms with van der Waals surface area (Å²) in [7, 11) is -0.621. The topological polar surface area (TPSA) is 21.6 Å². The van der Waals surface area contributed by atoms with Crippen LogP contribution in [0.1, 0.15) is 26.3 Å². The van der Waals surface area contributed by atoms with Crippen molar-refractivity contribution < 1.29 is 4.74 Å². The molecular formula is C25H26NOP. The molecule has 142 valence electrons. The minimum absolute atomic E-state index is 0.111. The van der Waals surface area contributed by atoms with Crippen molar-refractivity contribution in [3.8, 4) is 0 Å². The fourth-order valence-electron chi connectivity index (χ4n) is 3.35. The molecule has 4 rings (SSSR count). The molecule has 0 spiro atoms. The number of benzene rings is 3. The number of rotatable bonds is 4. The minimum atomic E-state index is -0.621. The number of ether oxygens (including phenoxy) is 1. The average molecular weight is 387 g/mol. The second-order valence-electron chi connectivity index (χ2n) is 8.18. The van der Waals surface area contributed by atoms with E-state index in [-0.39, 0.29) is 11.5 Å². The van der Waals surface area contributed by atoms with Crippen molar-refractivity contribution in [1.82, 2.24) is 0 Å². The number of hydrogen-bond donors (Lipinski definition) is 0. The van der Waals surface area contributed by atoms with Crippen LogP contribution in [0.3, 0.4) is 0 Å². The van der Waals surface area contributed by atoms with Crippen molar-refractivity contribution in [2.24, 2.45) is 10.4 Å². The molecule has 0 aromatic heterocycles. The highest BCUT2D eigenvalue weighted by molar-refractivity contribution is 7.79. The lowest BCUT2D eigenvalue weighted by Gasteiger charge is -2.21. The lowest BCUT2D eigenvalue weighted by Crippen LogP contribution is -2.25. The Hall–Kier alpha value is -2.44. The monoisotopic (exact) mass is 387 g/mol. The van der Waals surface area contributed by atoms with Crippen LogP contribution in [0, 0.1) is 5.41 Å². The molecule has 3 aromatic rings. The van der Waals surface area contributed by atoms with E-state index in [4.69, 9.17) is 9.73 Å². The van der Waals surface area contributed by atoms with Crippen molar-refractivity contribution in [3.05, 3.63) is 90.5 Å². The molecular weight excluding hydrogens is 361 g/mol. The standard InChI is InChI=1S/C25H26NOP/c1-25(2,3)23-18-27-24(26-23)19-11-10-16-22(17-19)28(20-12-6-4-7-13-20)21-14-8-5-9-15-21/h4-17,23H,18H2,1-3H3. The van der Waals surface area contributed by atoms with Gasteiger partial charge in [-0.15, -0.1) is 0 Å². The average Bonchev–Trinajstić information content (AvgIpc) is 3.21. The van der Waals surface area contributed by atoms with Gasteiger partial charge in [-0.05, 0) is 41.4 Å². The summed E-state index contributed by atoms with van der Waals surface area (Å²) in [5.74, 6) is 0.776. The van der Waals surface area contributed by atoms with Crippen LogP contribution in [-0.2, 0) is 4.74 Å². The van der Waals surface area contributed by atoms with E-state index >= 15 is 0 Å². The van der Waals surface area contributed by atoms with Crippen molar-refractivity contribution in [3.63, 3.8) is 0 Å². The fourth-order valence-corrected chi connectivity index (χ4v) is 5.69. The second-order valence-corrected chi connectivity index (χ2v) is 10.4. The molecule has 0 amide bonds. The molecule has 1 aliphatic heterocycles. The predicted molar refractivity (Wildman–Crippen MR) is 121 cm³/mol. The van der Waals surface area contributed by atoms with Crippen LogP contribution < -0.4 is 15.9 Å². The van der Waals surface area contributed by atoms with Gasteiger partial charge < -0.3 is 4.74 Å². The Labute approximate surface area is 169 Å². The zero-order chi connectivity index (χ0) is 19.6. The minimum Gasteiger partial charge on any atom is -0.475 e. The van der Waals surface area contributed by atoms with E-state index < -0.39 is 7.92 Å². The van der Waals surface area contributed by atoms with E-state index in [9.17, 15) is 0 Å². The van der Waals surface area contributed by atoms with Gasteiger partial charge in [0.25, 0.3) is 0 Å². The smallest absolute Gasteiger partial charge is 0.216 e. The normalized spacial score (nSPS) is 16.7. The Morgan fingerprint density at radius 3 is 1.89 bits per heavy atom. The van der Waals surface area contributed by atoms with Gasteiger partial charge in [0, 0.05) is 5.56 Å². The third kappa shape index (κ3) is 4.03. The number of nitrogens with zero attached hydrogens (tertiary/aromatic N) is 1. The highest BCUT2D eigenvalue weighted by Gasteiger charge is 2.31. The highest BCUT2D eigenvalue weighted by Crippen LogP contribution is 2.33. The van der Waals surface area contributed by atoms with Gasteiger partial charge in [0.1, 0.15) is 6.61 Å². The summed E-state index contributed by atoms with van der Waals surface area (Å²) in [4.78, 5) is 4.88. The van der Waals surface area contributed by atoms with Crippen LogP contribution in [0.4, 0.5) is 0 Å². The van der Waals surface area contributed by atoms with Gasteiger partial charge in [-0.3, -0.25) is 0 Å². The summed E-state index contributed by atoms with van der Waals surface area (Å²) in [6.45, 7) is 7.31. The molecule has 0 bridgehead atoms. The van der Waals surface area contributed by atoms with E-state index in [2.05, 4.69) is 106 Å². The molecule has 1 heterocycles. The first-order chi connectivity index (χ1) is 13.5. The largest absolute Gasteiger partial charge is 0.475 e. The molecule has 0 saturated heterocycles. The Morgan fingerprint density at radius 1 is 0.786 bits per heavy atom. The van der Waals surface area contributed by atoms with Gasteiger partial charge >= 0.3 is 0 Å². The molecule has 0 saturated carbocycles. The Morgan fingerprint density at radius 2 is 1.36 bits per heavy atom. The van der Waals surface area contributed by atoms with Crippen LogP contribution in [0.15, 0.2) is 89.9 Å². The van der Waals surface area contributed by atoms with E-state index in [1.54, 1.807) is 0 Å². The van der Waals surface area contributed by atoms with Crippen molar-refractivity contribution in [2.75, 3.05) is 6.61 Å². The molecule has 1 atom stereocenters. The van der Waals surface area contributed by atoms with E-state index in [0.29, 0.717) is 6.61 Å². The van der Waals surface area contributed by atoms with Gasteiger partial charge in [0.15, 0.2) is 0 Å². The molecule has 0 fully saturated rings. The molecule has 1 aliphatic rings. The van der Waals surface area contributed by atoms with Gasteiger partial charge in [0.2, 0.25) is 5.90 Å². The second kappa shape index (κ2) is 7.89. The Balaban J connectivity index is 1.74. The van der Waals surface area contributed by atoms with Gasteiger partial charge in [-0.25, -0.2) is 4.99 Å². The summed E-state index contributed by atoms with van der Waals surface area (Å²) in [6, 6.07) is 30.5. The quantitative estimate of drug-likeness (QED) is 0.598. The van der Waals surface area contributed by atoms with Crippen LogP contribution in [0.2, 0.25) is 0 Å². The summed E-state index contributed by atoms with van der Waals surface area (Å²) < 4.78 is 5.98. The third-order valence-electron chi connectivity index (χ3n) is 5.03. The lowest BCUT2D eigenvalue weighted by molar-refractivity contribution is 0.236. The van der Waals surface area contributed by atoms with Crippen molar-refractivity contribution in [1.29, 1.82) is 0 Å². The van der Waals surface area contributed by atoms with Crippen LogP contribution in [-0.4, -0.2) is 18.5 Å². The Kier molecular flexibility index (Phi) is 5.33. The summed E-state index contributed by atoms with van der Waals surface area (Å²) in [5, 5.41) is 4.01. The van der Waals surface area contributed by atoms with Gasteiger partial charge in [-0.1, -0.05) is 93.6 Å². The molecule has 0 radical (unpaired) electrons. The maximum atomic E-state index is 5.98. The summed E-state index contributed by atoms with van der Waals surface area (Å²) in [6.07, 6.45) is 0. The van der Waals surface area contributed by atoms with E-state index in [0.717, 1.165) is 11.5 Å². The maximum absolute atomic E-state index is 5.98. The lowest BCUT2D eigenvalue weighted by atomic mass is 9.88. The zero-order valence-electron chi connectivity index (χ0n) is 16.7. The van der Waals surface area contributed by atoms with Crippen LogP contribution >= 0.6 is 7.92 Å². The Bertz CT molecular complexity index is 921.